The minimum atomic E-state index is -5.07. The van der Waals surface area contributed by atoms with Crippen LogP contribution in [0.15, 0.2) is 24.3 Å². The first-order valence-corrected chi connectivity index (χ1v) is 32.0. The van der Waals surface area contributed by atoms with Crippen molar-refractivity contribution in [1.29, 1.82) is 0 Å². The molecule has 0 aromatic heterocycles. The second-order valence-electron chi connectivity index (χ2n) is 21.3. The van der Waals surface area contributed by atoms with E-state index in [4.69, 9.17) is 18.9 Å². The van der Waals surface area contributed by atoms with E-state index in [2.05, 4.69) is 42.3 Å². The Morgan fingerprint density at radius 1 is 0.521 bits per heavy atom. The van der Waals surface area contributed by atoms with E-state index >= 15 is 0 Å². The molecule has 1 heterocycles. The molecule has 6 atom stereocenters. The summed E-state index contributed by atoms with van der Waals surface area (Å²) in [6.07, 6.45) is 53.6. The van der Waals surface area contributed by atoms with Gasteiger partial charge in [-0.05, 0) is 44.9 Å². The molecule has 4 N–H and O–H groups in total. The lowest BCUT2D eigenvalue weighted by Crippen LogP contribution is -2.60. The number of carbonyl (C=O) groups is 1. The van der Waals surface area contributed by atoms with Crippen LogP contribution in [0.2, 0.25) is 0 Å². The first-order chi connectivity index (χ1) is 35.6. The van der Waals surface area contributed by atoms with Gasteiger partial charge in [0.2, 0.25) is 0 Å². The van der Waals surface area contributed by atoms with Gasteiger partial charge in [0.1, 0.15) is 30.5 Å². The van der Waals surface area contributed by atoms with Crippen molar-refractivity contribution in [1.82, 2.24) is 0 Å². The van der Waals surface area contributed by atoms with Gasteiger partial charge in [-0.1, -0.05) is 263 Å². The second-order valence-corrected chi connectivity index (χ2v) is 22.4. The zero-order chi connectivity index (χ0) is 53.1. The first kappa shape index (κ1) is 69.6. The Kier molecular flexibility index (Phi) is 48.9. The molecule has 1 saturated heterocycles. The maximum Gasteiger partial charge on any atom is 0.397 e. The van der Waals surface area contributed by atoms with E-state index in [1.54, 1.807) is 0 Å². The van der Waals surface area contributed by atoms with Gasteiger partial charge in [-0.15, -0.1) is 0 Å². The fraction of sp³-hybridized carbons (Fsp3) is 0.917. The van der Waals surface area contributed by atoms with Crippen molar-refractivity contribution >= 4 is 16.4 Å². The normalized spacial score (nSPS) is 18.9. The summed E-state index contributed by atoms with van der Waals surface area (Å²) in [5.74, 6) is -0.394. The molecule has 432 valence electrons. The summed E-state index contributed by atoms with van der Waals surface area (Å²) in [5.41, 5.74) is 0. The molecule has 0 aliphatic carbocycles. The van der Waals surface area contributed by atoms with Crippen LogP contribution in [0.5, 0.6) is 0 Å². The molecule has 0 aromatic rings. The molecule has 6 unspecified atom stereocenters. The predicted octanol–water partition coefficient (Wildman–Crippen LogP) is 15.5. The van der Waals surface area contributed by atoms with Crippen molar-refractivity contribution in [3.63, 3.8) is 0 Å². The number of aliphatic hydroxyl groups excluding tert-OH is 3. The molecule has 0 radical (unpaired) electrons. The average molecular weight is 1060 g/mol. The Hall–Kier alpha value is -1.42. The quantitative estimate of drug-likeness (QED) is 0.0196. The minimum Gasteiger partial charge on any atom is -0.457 e. The molecule has 0 amide bonds. The number of rotatable bonds is 55. The van der Waals surface area contributed by atoms with E-state index in [-0.39, 0.29) is 19.6 Å². The molecule has 1 rings (SSSR count). The lowest BCUT2D eigenvalue weighted by atomic mass is 9.99. The van der Waals surface area contributed by atoms with Crippen molar-refractivity contribution in [3.8, 4) is 0 Å². The molecule has 1 aliphatic rings. The Morgan fingerprint density at radius 2 is 0.904 bits per heavy atom. The number of hydrogen-bond donors (Lipinski definition) is 4. The molecule has 12 nitrogen and oxygen atoms in total. The minimum absolute atomic E-state index is 0.0408. The molecule has 0 aromatic carbocycles. The maximum absolute atomic E-state index is 13.0. The van der Waals surface area contributed by atoms with Gasteiger partial charge in [0.05, 0.1) is 19.8 Å². The zero-order valence-electron chi connectivity index (χ0n) is 47.0. The van der Waals surface area contributed by atoms with E-state index in [9.17, 15) is 33.1 Å². The van der Waals surface area contributed by atoms with Crippen molar-refractivity contribution < 1.29 is 56.2 Å². The van der Waals surface area contributed by atoms with Gasteiger partial charge in [-0.3, -0.25) is 9.35 Å². The smallest absolute Gasteiger partial charge is 0.397 e. The SMILES string of the molecule is CCCCCCC/C=C\C/C=C\CCCCCCCCCCCCCC(=O)OC(COCCCCCCCCCCCCCCCCCCCCCCCCC)COC1OC(CO)C(O)C(OS(=O)(=O)O)C1O. The number of carbonyl (C=O) groups excluding carboxylic acids is 1. The topological polar surface area (TPSA) is 178 Å². The third-order valence-corrected chi connectivity index (χ3v) is 14.8. The summed E-state index contributed by atoms with van der Waals surface area (Å²) in [6, 6.07) is 0. The third-order valence-electron chi connectivity index (χ3n) is 14.3. The highest BCUT2D eigenvalue weighted by Crippen LogP contribution is 2.26. The molecule has 13 heteroatoms. The molecular formula is C60H114O12S. The van der Waals surface area contributed by atoms with E-state index in [1.165, 1.54) is 218 Å². The molecule has 73 heavy (non-hydrogen) atoms. The van der Waals surface area contributed by atoms with Gasteiger partial charge in [0, 0.05) is 13.0 Å². The fourth-order valence-electron chi connectivity index (χ4n) is 9.71. The average Bonchev–Trinajstić information content (AvgIpc) is 3.37. The number of unbranched alkanes of at least 4 members (excludes halogenated alkanes) is 38. The van der Waals surface area contributed by atoms with Crippen molar-refractivity contribution in [3.05, 3.63) is 24.3 Å². The van der Waals surface area contributed by atoms with Crippen LogP contribution < -0.4 is 0 Å². The Labute approximate surface area is 448 Å². The van der Waals surface area contributed by atoms with Gasteiger partial charge in [0.15, 0.2) is 6.29 Å². The third kappa shape index (κ3) is 44.3. The van der Waals surface area contributed by atoms with E-state index in [0.717, 1.165) is 44.9 Å². The van der Waals surface area contributed by atoms with Gasteiger partial charge in [-0.25, -0.2) is 4.18 Å². The van der Waals surface area contributed by atoms with E-state index in [1.807, 2.05) is 0 Å². The van der Waals surface area contributed by atoms with Crippen LogP contribution >= 0.6 is 0 Å². The van der Waals surface area contributed by atoms with Gasteiger partial charge < -0.3 is 34.3 Å². The number of hydrogen-bond acceptors (Lipinski definition) is 11. The summed E-state index contributed by atoms with van der Waals surface area (Å²) in [5, 5.41) is 30.9. The van der Waals surface area contributed by atoms with Crippen LogP contribution in [0, 0.1) is 0 Å². The van der Waals surface area contributed by atoms with Crippen LogP contribution in [-0.4, -0.2) is 97.5 Å². The first-order valence-electron chi connectivity index (χ1n) is 30.6. The van der Waals surface area contributed by atoms with Crippen molar-refractivity contribution in [2.24, 2.45) is 0 Å². The van der Waals surface area contributed by atoms with Gasteiger partial charge in [-0.2, -0.15) is 8.42 Å². The highest BCUT2D eigenvalue weighted by Gasteiger charge is 2.48. The summed E-state index contributed by atoms with van der Waals surface area (Å²) in [4.78, 5) is 13.0. The van der Waals surface area contributed by atoms with Crippen LogP contribution in [0.1, 0.15) is 290 Å². The monoisotopic (exact) mass is 1060 g/mol. The Bertz CT molecular complexity index is 1360. The number of allylic oxidation sites excluding steroid dienone is 4. The molecule has 0 bridgehead atoms. The molecule has 0 saturated carbocycles. The zero-order valence-corrected chi connectivity index (χ0v) is 47.8. The van der Waals surface area contributed by atoms with Gasteiger partial charge >= 0.3 is 16.4 Å². The molecule has 0 spiro atoms. The Morgan fingerprint density at radius 3 is 1.30 bits per heavy atom. The molecular weight excluding hydrogens is 945 g/mol. The van der Waals surface area contributed by atoms with Crippen LogP contribution in [0.4, 0.5) is 0 Å². The van der Waals surface area contributed by atoms with E-state index < -0.39 is 59.8 Å². The fourth-order valence-corrected chi connectivity index (χ4v) is 10.2. The standard InChI is InChI=1S/C60H114O12S/c1-3-5-7-9-11-13-15-17-19-21-23-25-27-29-31-33-35-37-39-41-43-45-47-49-56(62)70-54(53-69-60-58(64)59(72-73(65,66)67)57(63)55(51-61)71-60)52-68-50-48-46-44-42-40-38-36-34-32-30-28-26-24-22-20-18-16-14-12-10-8-6-4-2/h15,17,21,23,54-55,57-61,63-64H,3-14,16,18-20,22,24-53H2,1-2H3,(H,65,66,67)/b17-15-,23-21-. The highest BCUT2D eigenvalue weighted by atomic mass is 32.3. The maximum atomic E-state index is 13.0. The van der Waals surface area contributed by atoms with Gasteiger partial charge in [0.25, 0.3) is 0 Å². The van der Waals surface area contributed by atoms with Crippen LogP contribution in [0.3, 0.4) is 0 Å². The largest absolute Gasteiger partial charge is 0.457 e. The highest BCUT2D eigenvalue weighted by molar-refractivity contribution is 7.80. The van der Waals surface area contributed by atoms with Crippen LogP contribution in [0.25, 0.3) is 0 Å². The second kappa shape index (κ2) is 51.3. The summed E-state index contributed by atoms with van der Waals surface area (Å²) in [6.45, 7) is 4.05. The predicted molar refractivity (Wildman–Crippen MR) is 299 cm³/mol. The summed E-state index contributed by atoms with van der Waals surface area (Å²) in [7, 11) is -5.07. The van der Waals surface area contributed by atoms with Crippen molar-refractivity contribution in [2.75, 3.05) is 26.4 Å². The lowest BCUT2D eigenvalue weighted by Gasteiger charge is -2.41. The Balaban J connectivity index is 2.26. The summed E-state index contributed by atoms with van der Waals surface area (Å²) >= 11 is 0. The van der Waals surface area contributed by atoms with Crippen molar-refractivity contribution in [2.45, 2.75) is 327 Å². The lowest BCUT2D eigenvalue weighted by molar-refractivity contribution is -0.301. The number of aliphatic hydroxyl groups is 3. The van der Waals surface area contributed by atoms with E-state index in [0.29, 0.717) is 13.0 Å². The molecule has 1 fully saturated rings. The number of ether oxygens (including phenoxy) is 4. The number of esters is 1. The van der Waals surface area contributed by atoms with Crippen LogP contribution in [-0.2, 0) is 38.3 Å². The summed E-state index contributed by atoms with van der Waals surface area (Å²) < 4.78 is 59.5. The molecule has 1 aliphatic heterocycles.